The molecular weight excluding hydrogens is 377 g/mol. The van der Waals surface area contributed by atoms with Gasteiger partial charge in [0.25, 0.3) is 0 Å². The predicted octanol–water partition coefficient (Wildman–Crippen LogP) is 5.03. The van der Waals surface area contributed by atoms with Crippen LogP contribution in [-0.4, -0.2) is 47.2 Å². The van der Waals surface area contributed by atoms with Crippen molar-refractivity contribution in [2.45, 2.75) is 13.0 Å². The van der Waals surface area contributed by atoms with Gasteiger partial charge in [-0.1, -0.05) is 36.9 Å². The smallest absolute Gasteiger partial charge is 0.227 e. The summed E-state index contributed by atoms with van der Waals surface area (Å²) in [4.78, 5) is 11.3. The molecule has 0 atom stereocenters. The van der Waals surface area contributed by atoms with Crippen molar-refractivity contribution in [1.82, 2.24) is 14.9 Å². The van der Waals surface area contributed by atoms with E-state index in [1.807, 2.05) is 67.7 Å². The van der Waals surface area contributed by atoms with Crippen LogP contribution in [0.2, 0.25) is 0 Å². The molecule has 4 rings (SSSR count). The number of fused-ring (bicyclic) bond motifs is 1. The summed E-state index contributed by atoms with van der Waals surface area (Å²) in [6.45, 7) is 7.91. The SMILES string of the molecule is C=C/C(=C\C)c1cccc2cnc(Nc3ccc(NC4CN(CCF)C4)cc3)nc12. The standard InChI is InChI=1S/C24H26FN5/c1-3-17(4-2)22-7-5-6-18-14-26-24(29-23(18)22)28-20-10-8-19(9-11-20)27-21-15-30(16-21)13-12-25/h3-11,14,21,27H,1,12-13,15-16H2,2H3,(H,26,28,29)/b17-4+. The van der Waals surface area contributed by atoms with Gasteiger partial charge in [-0.15, -0.1) is 0 Å². The lowest BCUT2D eigenvalue weighted by atomic mass is 10.0. The van der Waals surface area contributed by atoms with Gasteiger partial charge in [-0.2, -0.15) is 0 Å². The summed E-state index contributed by atoms with van der Waals surface area (Å²) in [5.74, 6) is 0.552. The zero-order valence-electron chi connectivity index (χ0n) is 17.1. The maximum absolute atomic E-state index is 12.3. The van der Waals surface area contributed by atoms with Crippen LogP contribution in [0.5, 0.6) is 0 Å². The first-order valence-corrected chi connectivity index (χ1v) is 10.2. The van der Waals surface area contributed by atoms with E-state index in [0.717, 1.165) is 46.5 Å². The fourth-order valence-electron chi connectivity index (χ4n) is 3.71. The van der Waals surface area contributed by atoms with E-state index in [1.165, 1.54) is 0 Å². The lowest BCUT2D eigenvalue weighted by Gasteiger charge is -2.39. The van der Waals surface area contributed by atoms with Gasteiger partial charge in [0.2, 0.25) is 5.95 Å². The highest BCUT2D eigenvalue weighted by molar-refractivity contribution is 5.93. The minimum absolute atomic E-state index is 0.283. The number of anilines is 3. The molecule has 1 aromatic heterocycles. The summed E-state index contributed by atoms with van der Waals surface area (Å²) in [5.41, 5.74) is 4.94. The minimum Gasteiger partial charge on any atom is -0.380 e. The van der Waals surface area contributed by atoms with Crippen LogP contribution < -0.4 is 10.6 Å². The number of halogens is 1. The van der Waals surface area contributed by atoms with Crippen molar-refractivity contribution in [2.24, 2.45) is 0 Å². The van der Waals surface area contributed by atoms with Crippen LogP contribution in [0.3, 0.4) is 0 Å². The van der Waals surface area contributed by atoms with Crippen molar-refractivity contribution in [3.05, 3.63) is 73.0 Å². The fourth-order valence-corrected chi connectivity index (χ4v) is 3.71. The molecule has 6 heteroatoms. The fraction of sp³-hybridized carbons (Fsp3) is 0.250. The third-order valence-electron chi connectivity index (χ3n) is 5.32. The Hall–Kier alpha value is -3.25. The Morgan fingerprint density at radius 1 is 1.20 bits per heavy atom. The molecule has 30 heavy (non-hydrogen) atoms. The molecule has 0 bridgehead atoms. The Labute approximate surface area is 176 Å². The van der Waals surface area contributed by atoms with Gasteiger partial charge in [0, 0.05) is 48.2 Å². The largest absolute Gasteiger partial charge is 0.380 e. The second-order valence-corrected chi connectivity index (χ2v) is 7.38. The van der Waals surface area contributed by atoms with Gasteiger partial charge in [0.15, 0.2) is 0 Å². The highest BCUT2D eigenvalue weighted by Gasteiger charge is 2.25. The topological polar surface area (TPSA) is 53.1 Å². The van der Waals surface area contributed by atoms with Crippen LogP contribution in [0.15, 0.2) is 67.4 Å². The molecule has 1 fully saturated rings. The Morgan fingerprint density at radius 3 is 2.67 bits per heavy atom. The number of aromatic nitrogens is 2. The first kappa shape index (κ1) is 20.0. The van der Waals surface area contributed by atoms with Crippen LogP contribution in [0, 0.1) is 0 Å². The number of hydrogen-bond donors (Lipinski definition) is 2. The molecule has 0 spiro atoms. The Bertz CT molecular complexity index is 1050. The second-order valence-electron chi connectivity index (χ2n) is 7.38. The van der Waals surface area contributed by atoms with Gasteiger partial charge in [-0.3, -0.25) is 4.90 Å². The molecule has 2 heterocycles. The number of nitrogens with one attached hydrogen (secondary N) is 2. The summed E-state index contributed by atoms with van der Waals surface area (Å²) in [5, 5.41) is 7.75. The van der Waals surface area contributed by atoms with E-state index in [0.29, 0.717) is 18.5 Å². The van der Waals surface area contributed by atoms with Gasteiger partial charge in [-0.25, -0.2) is 14.4 Å². The lowest BCUT2D eigenvalue weighted by Crippen LogP contribution is -2.55. The molecular formula is C24H26FN5. The Kier molecular flexibility index (Phi) is 6.05. The summed E-state index contributed by atoms with van der Waals surface area (Å²) in [7, 11) is 0. The van der Waals surface area contributed by atoms with Crippen molar-refractivity contribution >= 4 is 33.8 Å². The predicted molar refractivity (Wildman–Crippen MR) is 123 cm³/mol. The Balaban J connectivity index is 1.46. The second kappa shape index (κ2) is 9.05. The van der Waals surface area contributed by atoms with Crippen molar-refractivity contribution in [2.75, 3.05) is 36.9 Å². The molecule has 3 aromatic rings. The highest BCUT2D eigenvalue weighted by atomic mass is 19.1. The third kappa shape index (κ3) is 4.33. The minimum atomic E-state index is -0.283. The number of likely N-dealkylation sites (tertiary alicyclic amines) is 1. The first-order chi connectivity index (χ1) is 14.7. The van der Waals surface area contributed by atoms with Gasteiger partial charge >= 0.3 is 0 Å². The van der Waals surface area contributed by atoms with E-state index < -0.39 is 0 Å². The number of para-hydroxylation sites is 1. The van der Waals surface area contributed by atoms with Crippen molar-refractivity contribution < 1.29 is 4.39 Å². The van der Waals surface area contributed by atoms with Gasteiger partial charge in [-0.05, 0) is 36.8 Å². The Morgan fingerprint density at radius 2 is 1.97 bits per heavy atom. The van der Waals surface area contributed by atoms with Gasteiger partial charge in [0.05, 0.1) is 11.6 Å². The molecule has 154 valence electrons. The van der Waals surface area contributed by atoms with E-state index >= 15 is 0 Å². The molecule has 1 aliphatic heterocycles. The van der Waals surface area contributed by atoms with Gasteiger partial charge in [0.1, 0.15) is 6.67 Å². The number of benzene rings is 2. The number of alkyl halides is 1. The number of nitrogens with zero attached hydrogens (tertiary/aromatic N) is 3. The van der Waals surface area contributed by atoms with Crippen molar-refractivity contribution in [3.8, 4) is 0 Å². The number of allylic oxidation sites excluding steroid dienone is 3. The van der Waals surface area contributed by atoms with Gasteiger partial charge < -0.3 is 10.6 Å². The highest BCUT2D eigenvalue weighted by Crippen LogP contribution is 2.26. The normalized spacial score (nSPS) is 15.1. The molecule has 0 saturated carbocycles. The average molecular weight is 404 g/mol. The summed E-state index contributed by atoms with van der Waals surface area (Å²) in [6.07, 6.45) is 5.70. The van der Waals surface area contributed by atoms with Crippen LogP contribution in [0.1, 0.15) is 12.5 Å². The lowest BCUT2D eigenvalue weighted by molar-refractivity contribution is 0.150. The van der Waals surface area contributed by atoms with Crippen molar-refractivity contribution in [1.29, 1.82) is 0 Å². The van der Waals surface area contributed by atoms with E-state index in [9.17, 15) is 4.39 Å². The summed E-state index contributed by atoms with van der Waals surface area (Å²) < 4.78 is 12.3. The molecule has 2 aromatic carbocycles. The molecule has 1 aliphatic rings. The molecule has 0 radical (unpaired) electrons. The third-order valence-corrected chi connectivity index (χ3v) is 5.32. The zero-order valence-corrected chi connectivity index (χ0v) is 17.1. The molecule has 0 amide bonds. The number of hydrogen-bond acceptors (Lipinski definition) is 5. The molecule has 0 unspecified atom stereocenters. The van der Waals surface area contributed by atoms with E-state index in [-0.39, 0.29) is 6.67 Å². The number of rotatable bonds is 8. The zero-order chi connectivity index (χ0) is 20.9. The van der Waals surface area contributed by atoms with E-state index in [4.69, 9.17) is 4.98 Å². The van der Waals surface area contributed by atoms with Crippen LogP contribution in [-0.2, 0) is 0 Å². The molecule has 1 saturated heterocycles. The summed E-state index contributed by atoms with van der Waals surface area (Å²) in [6, 6.07) is 14.5. The maximum Gasteiger partial charge on any atom is 0.227 e. The summed E-state index contributed by atoms with van der Waals surface area (Å²) >= 11 is 0. The molecule has 2 N–H and O–H groups in total. The van der Waals surface area contributed by atoms with Crippen LogP contribution in [0.25, 0.3) is 16.5 Å². The van der Waals surface area contributed by atoms with Crippen LogP contribution >= 0.6 is 0 Å². The average Bonchev–Trinajstić information content (AvgIpc) is 2.74. The quantitative estimate of drug-likeness (QED) is 0.517. The van der Waals surface area contributed by atoms with E-state index in [2.05, 4.69) is 27.1 Å². The van der Waals surface area contributed by atoms with Crippen LogP contribution in [0.4, 0.5) is 21.7 Å². The van der Waals surface area contributed by atoms with Crippen molar-refractivity contribution in [3.63, 3.8) is 0 Å². The van der Waals surface area contributed by atoms with E-state index in [1.54, 1.807) is 0 Å². The first-order valence-electron chi connectivity index (χ1n) is 10.2. The monoisotopic (exact) mass is 403 g/mol. The molecule has 5 nitrogen and oxygen atoms in total. The molecule has 0 aliphatic carbocycles. The maximum atomic E-state index is 12.3.